The van der Waals surface area contributed by atoms with Crippen LogP contribution in [-0.4, -0.2) is 25.6 Å². The Bertz CT molecular complexity index is 162. The summed E-state index contributed by atoms with van der Waals surface area (Å²) in [5.74, 6) is -0.522. The lowest BCUT2D eigenvalue weighted by molar-refractivity contribution is -0.150. The number of hydroxylamine groups is 1. The molecule has 1 N–H and O–H groups in total. The van der Waals surface area contributed by atoms with Crippen LogP contribution in [0.4, 0.5) is 0 Å². The average Bonchev–Trinajstić information content (AvgIpc) is 2.13. The van der Waals surface area contributed by atoms with Crippen LogP contribution in [0.2, 0.25) is 0 Å². The third-order valence-corrected chi connectivity index (χ3v) is 1.53. The average molecular weight is 203 g/mol. The molecule has 0 amide bonds. The first-order chi connectivity index (χ1) is 6.70. The summed E-state index contributed by atoms with van der Waals surface area (Å²) < 4.78 is 4.73. The van der Waals surface area contributed by atoms with E-state index in [2.05, 4.69) is 10.3 Å². The fourth-order valence-corrected chi connectivity index (χ4v) is 0.937. The molecule has 82 valence electrons. The summed E-state index contributed by atoms with van der Waals surface area (Å²) in [4.78, 5) is 26.2. The molecule has 0 aromatic carbocycles. The molecule has 0 bridgehead atoms. The minimum absolute atomic E-state index is 0.213. The van der Waals surface area contributed by atoms with Gasteiger partial charge in [0, 0.05) is 19.9 Å². The van der Waals surface area contributed by atoms with Crippen molar-refractivity contribution in [2.45, 2.75) is 32.6 Å². The van der Waals surface area contributed by atoms with Crippen molar-refractivity contribution in [3.8, 4) is 0 Å². The van der Waals surface area contributed by atoms with Crippen LogP contribution in [0.3, 0.4) is 0 Å². The number of hydrogen-bond acceptors (Lipinski definition) is 5. The minimum Gasteiger partial charge on any atom is -0.466 e. The molecule has 0 heterocycles. The normalized spacial score (nSPS) is 9.57. The summed E-state index contributed by atoms with van der Waals surface area (Å²) in [6, 6.07) is 0. The van der Waals surface area contributed by atoms with Gasteiger partial charge in [-0.1, -0.05) is 0 Å². The van der Waals surface area contributed by atoms with Crippen LogP contribution in [-0.2, 0) is 19.2 Å². The largest absolute Gasteiger partial charge is 0.466 e. The molecule has 0 radical (unpaired) electrons. The van der Waals surface area contributed by atoms with Gasteiger partial charge in [-0.15, -0.1) is 0 Å². The van der Waals surface area contributed by atoms with Gasteiger partial charge in [-0.05, 0) is 19.8 Å². The fourth-order valence-electron chi connectivity index (χ4n) is 0.937. The molecule has 0 aromatic rings. The highest BCUT2D eigenvalue weighted by Crippen LogP contribution is 2.02. The van der Waals surface area contributed by atoms with Crippen LogP contribution in [0.5, 0.6) is 0 Å². The molecule has 14 heavy (non-hydrogen) atoms. The summed E-state index contributed by atoms with van der Waals surface area (Å²) in [7, 11) is 1.52. The van der Waals surface area contributed by atoms with Gasteiger partial charge in [-0.2, -0.15) is 5.48 Å². The number of carbonyl (C=O) groups excluding carboxylic acids is 2. The van der Waals surface area contributed by atoms with Crippen LogP contribution >= 0.6 is 0 Å². The summed E-state index contributed by atoms with van der Waals surface area (Å²) in [5, 5.41) is 0. The molecule has 0 aliphatic heterocycles. The van der Waals surface area contributed by atoms with Crippen molar-refractivity contribution in [3.63, 3.8) is 0 Å². The van der Waals surface area contributed by atoms with Gasteiger partial charge in [-0.3, -0.25) is 9.59 Å². The summed E-state index contributed by atoms with van der Waals surface area (Å²) in [6.45, 7) is 2.17. The maximum Gasteiger partial charge on any atom is 0.324 e. The molecule has 5 heteroatoms. The fraction of sp³-hybridized carbons (Fsp3) is 0.778. The first-order valence-corrected chi connectivity index (χ1v) is 4.72. The molecule has 0 unspecified atom stereocenters. The van der Waals surface area contributed by atoms with Crippen LogP contribution in [0.15, 0.2) is 0 Å². The van der Waals surface area contributed by atoms with Gasteiger partial charge in [0.2, 0.25) is 0 Å². The lowest BCUT2D eigenvalue weighted by atomic mass is 10.2. The van der Waals surface area contributed by atoms with Gasteiger partial charge in [0.1, 0.15) is 0 Å². The number of ether oxygens (including phenoxy) is 1. The van der Waals surface area contributed by atoms with Gasteiger partial charge in [-0.25, -0.2) is 0 Å². The van der Waals surface area contributed by atoms with E-state index >= 15 is 0 Å². The zero-order valence-corrected chi connectivity index (χ0v) is 8.67. The number of carbonyl (C=O) groups is 2. The van der Waals surface area contributed by atoms with E-state index in [1.165, 1.54) is 7.05 Å². The Kier molecular flexibility index (Phi) is 7.83. The predicted octanol–water partition coefficient (Wildman–Crippen LogP) is 0.787. The zero-order chi connectivity index (χ0) is 10.8. The quantitative estimate of drug-likeness (QED) is 0.376. The molecule has 0 fully saturated rings. The van der Waals surface area contributed by atoms with Crippen molar-refractivity contribution >= 4 is 11.9 Å². The second-order valence-electron chi connectivity index (χ2n) is 2.69. The van der Waals surface area contributed by atoms with Crippen molar-refractivity contribution in [1.29, 1.82) is 0 Å². The highest BCUT2D eigenvalue weighted by Gasteiger charge is 2.04. The zero-order valence-electron chi connectivity index (χ0n) is 8.67. The molecule has 0 rings (SSSR count). The summed E-state index contributed by atoms with van der Waals surface area (Å²) >= 11 is 0. The van der Waals surface area contributed by atoms with Crippen LogP contribution in [0, 0.1) is 0 Å². The maximum atomic E-state index is 10.9. The van der Waals surface area contributed by atoms with Crippen LogP contribution < -0.4 is 5.48 Å². The molecule has 0 saturated heterocycles. The third kappa shape index (κ3) is 7.54. The van der Waals surface area contributed by atoms with E-state index in [4.69, 9.17) is 4.74 Å². The molecule has 0 aromatic heterocycles. The van der Waals surface area contributed by atoms with E-state index in [0.717, 1.165) is 0 Å². The monoisotopic (exact) mass is 203 g/mol. The van der Waals surface area contributed by atoms with Gasteiger partial charge in [0.25, 0.3) is 0 Å². The molecule has 0 aliphatic carbocycles. The second-order valence-corrected chi connectivity index (χ2v) is 2.69. The van der Waals surface area contributed by atoms with Gasteiger partial charge in [0.15, 0.2) is 0 Å². The predicted molar refractivity (Wildman–Crippen MR) is 50.3 cm³/mol. The van der Waals surface area contributed by atoms with E-state index in [1.807, 2.05) is 0 Å². The van der Waals surface area contributed by atoms with E-state index in [0.29, 0.717) is 32.3 Å². The van der Waals surface area contributed by atoms with Gasteiger partial charge >= 0.3 is 11.9 Å². The number of hydrogen-bond donors (Lipinski definition) is 1. The Labute approximate surface area is 83.7 Å². The van der Waals surface area contributed by atoms with Gasteiger partial charge in [0.05, 0.1) is 6.61 Å². The van der Waals surface area contributed by atoms with Crippen molar-refractivity contribution < 1.29 is 19.2 Å². The van der Waals surface area contributed by atoms with Crippen LogP contribution in [0.25, 0.3) is 0 Å². The number of esters is 1. The Morgan fingerprint density at radius 3 is 2.21 bits per heavy atom. The number of unbranched alkanes of at least 4 members (excludes halogenated alkanes) is 1. The summed E-state index contributed by atoms with van der Waals surface area (Å²) in [5.41, 5.74) is 2.30. The van der Waals surface area contributed by atoms with E-state index in [9.17, 15) is 9.59 Å². The van der Waals surface area contributed by atoms with E-state index < -0.39 is 0 Å². The van der Waals surface area contributed by atoms with Crippen molar-refractivity contribution in [2.75, 3.05) is 13.7 Å². The third-order valence-electron chi connectivity index (χ3n) is 1.53. The molecule has 5 nitrogen and oxygen atoms in total. The highest BCUT2D eigenvalue weighted by atomic mass is 16.7. The second kappa shape index (κ2) is 8.50. The first-order valence-electron chi connectivity index (χ1n) is 4.72. The SMILES string of the molecule is CCOC(=O)CCCCC(=O)ONC. The minimum atomic E-state index is -0.309. The summed E-state index contributed by atoms with van der Waals surface area (Å²) in [6.07, 6.45) is 1.97. The highest BCUT2D eigenvalue weighted by molar-refractivity contribution is 5.70. The Hall–Kier alpha value is -1.10. The maximum absolute atomic E-state index is 10.9. The Morgan fingerprint density at radius 2 is 1.71 bits per heavy atom. The van der Waals surface area contributed by atoms with Crippen molar-refractivity contribution in [1.82, 2.24) is 5.48 Å². The van der Waals surface area contributed by atoms with Gasteiger partial charge < -0.3 is 9.57 Å². The molecular weight excluding hydrogens is 186 g/mol. The van der Waals surface area contributed by atoms with E-state index in [-0.39, 0.29) is 11.9 Å². The molecule has 0 saturated carbocycles. The van der Waals surface area contributed by atoms with Crippen molar-refractivity contribution in [3.05, 3.63) is 0 Å². The lowest BCUT2D eigenvalue weighted by Gasteiger charge is -2.02. The molecular formula is C9H17NO4. The smallest absolute Gasteiger partial charge is 0.324 e. The molecule has 0 atom stereocenters. The topological polar surface area (TPSA) is 64.6 Å². The number of rotatable bonds is 7. The first kappa shape index (κ1) is 12.9. The number of nitrogens with one attached hydrogen (secondary N) is 1. The standard InChI is InChI=1S/C9H17NO4/c1-3-13-8(11)6-4-5-7-9(12)14-10-2/h10H,3-7H2,1-2H3. The molecule has 0 spiro atoms. The van der Waals surface area contributed by atoms with E-state index in [1.54, 1.807) is 6.92 Å². The van der Waals surface area contributed by atoms with Crippen molar-refractivity contribution in [2.24, 2.45) is 0 Å². The lowest BCUT2D eigenvalue weighted by Crippen LogP contribution is -2.14. The Morgan fingerprint density at radius 1 is 1.14 bits per heavy atom. The molecule has 0 aliphatic rings. The van der Waals surface area contributed by atoms with Crippen LogP contribution in [0.1, 0.15) is 32.6 Å². The Balaban J connectivity index is 3.28.